The molecule has 0 aromatic heterocycles. The van der Waals surface area contributed by atoms with Crippen LogP contribution in [0.3, 0.4) is 0 Å². The van der Waals surface area contributed by atoms with Crippen LogP contribution in [0.1, 0.15) is 56.9 Å². The van der Waals surface area contributed by atoms with Crippen LogP contribution in [0.15, 0.2) is 48.5 Å². The Morgan fingerprint density at radius 1 is 0.879 bits per heavy atom. The Labute approximate surface area is 201 Å². The monoisotopic (exact) mass is 468 g/mol. The van der Waals surface area contributed by atoms with E-state index in [0.717, 1.165) is 62.7 Å². The second kappa shape index (κ2) is 11.6. The van der Waals surface area contributed by atoms with Gasteiger partial charge in [-0.1, -0.05) is 55.5 Å². The number of ether oxygens (including phenoxy) is 1. The van der Waals surface area contributed by atoms with Gasteiger partial charge in [-0.05, 0) is 61.6 Å². The number of hydrogen-bond acceptors (Lipinski definition) is 3. The molecule has 0 saturated heterocycles. The molecule has 0 spiro atoms. The Morgan fingerprint density at radius 2 is 1.55 bits per heavy atom. The molecule has 0 atom stereocenters. The molecule has 6 heteroatoms. The highest BCUT2D eigenvalue weighted by Crippen LogP contribution is 2.34. The van der Waals surface area contributed by atoms with Crippen LogP contribution in [0.25, 0.3) is 0 Å². The minimum Gasteiger partial charge on any atom is -0.484 e. The van der Waals surface area contributed by atoms with E-state index in [9.17, 15) is 9.59 Å². The highest BCUT2D eigenvalue weighted by molar-refractivity contribution is 6.30. The summed E-state index contributed by atoms with van der Waals surface area (Å²) in [4.78, 5) is 30.1. The summed E-state index contributed by atoms with van der Waals surface area (Å²) in [5, 5.41) is 0.634. The van der Waals surface area contributed by atoms with Crippen molar-refractivity contribution in [1.29, 1.82) is 0 Å². The van der Waals surface area contributed by atoms with Crippen LogP contribution in [-0.2, 0) is 16.1 Å². The summed E-state index contributed by atoms with van der Waals surface area (Å²) >= 11 is 5.94. The lowest BCUT2D eigenvalue weighted by Gasteiger charge is -2.28. The molecule has 1 saturated carbocycles. The van der Waals surface area contributed by atoms with E-state index in [1.807, 2.05) is 34.1 Å². The summed E-state index contributed by atoms with van der Waals surface area (Å²) in [6, 6.07) is 15.1. The van der Waals surface area contributed by atoms with Crippen molar-refractivity contribution in [2.24, 2.45) is 5.92 Å². The number of amides is 2. The normalized spacial score (nSPS) is 17.8. The summed E-state index contributed by atoms with van der Waals surface area (Å²) in [6.07, 6.45) is 8.54. The molecule has 0 radical (unpaired) electrons. The largest absolute Gasteiger partial charge is 0.484 e. The van der Waals surface area contributed by atoms with Crippen LogP contribution >= 0.6 is 11.6 Å². The summed E-state index contributed by atoms with van der Waals surface area (Å²) in [5.74, 6) is 0.982. The van der Waals surface area contributed by atoms with Crippen molar-refractivity contribution in [3.8, 4) is 5.75 Å². The van der Waals surface area contributed by atoms with Crippen molar-refractivity contribution < 1.29 is 14.3 Å². The molecule has 1 aliphatic heterocycles. The molecule has 33 heavy (non-hydrogen) atoms. The van der Waals surface area contributed by atoms with E-state index in [0.29, 0.717) is 23.9 Å². The molecule has 176 valence electrons. The van der Waals surface area contributed by atoms with Gasteiger partial charge >= 0.3 is 0 Å². The summed E-state index contributed by atoms with van der Waals surface area (Å²) in [7, 11) is 0. The molecule has 5 nitrogen and oxygen atoms in total. The van der Waals surface area contributed by atoms with Crippen molar-refractivity contribution in [2.45, 2.75) is 57.9 Å². The van der Waals surface area contributed by atoms with Crippen LogP contribution < -0.4 is 9.64 Å². The van der Waals surface area contributed by atoms with Crippen LogP contribution in [-0.4, -0.2) is 36.4 Å². The van der Waals surface area contributed by atoms with Crippen molar-refractivity contribution in [3.05, 3.63) is 59.1 Å². The smallest absolute Gasteiger partial charge is 0.260 e. The van der Waals surface area contributed by atoms with Crippen molar-refractivity contribution in [2.75, 3.05) is 24.6 Å². The first-order valence-electron chi connectivity index (χ1n) is 12.2. The average molecular weight is 469 g/mol. The Morgan fingerprint density at radius 3 is 2.27 bits per heavy atom. The van der Waals surface area contributed by atoms with E-state index >= 15 is 0 Å². The van der Waals surface area contributed by atoms with E-state index in [2.05, 4.69) is 0 Å². The predicted molar refractivity (Wildman–Crippen MR) is 132 cm³/mol. The second-order valence-corrected chi connectivity index (χ2v) is 9.51. The highest BCUT2D eigenvalue weighted by Gasteiger charge is 2.34. The topological polar surface area (TPSA) is 49.9 Å². The van der Waals surface area contributed by atoms with E-state index in [4.69, 9.17) is 16.3 Å². The maximum Gasteiger partial charge on any atom is 0.260 e. The third-order valence-electron chi connectivity index (χ3n) is 6.42. The standard InChI is InChI=1S/C27H33ClN2O3/c28-23-13-15-24(16-14-23)33-20-26(31)29-17-7-3-1-2-4-8-18-30(27(32)21-11-12-21)25-10-6-5-9-22(25)19-29/h5-6,9-10,13-16,21H,1-4,7-8,11-12,17-20H2. The van der Waals surface area contributed by atoms with Gasteiger partial charge in [-0.15, -0.1) is 0 Å². The van der Waals surface area contributed by atoms with E-state index in [1.54, 1.807) is 24.3 Å². The first kappa shape index (κ1) is 23.6. The van der Waals surface area contributed by atoms with Crippen LogP contribution in [0.5, 0.6) is 5.75 Å². The van der Waals surface area contributed by atoms with Crippen molar-refractivity contribution in [3.63, 3.8) is 0 Å². The number of fused-ring (bicyclic) bond motifs is 1. The number of halogens is 1. The highest BCUT2D eigenvalue weighted by atomic mass is 35.5. The maximum absolute atomic E-state index is 13.2. The number of carbonyl (C=O) groups is 2. The zero-order chi connectivity index (χ0) is 23.0. The number of rotatable bonds is 4. The third kappa shape index (κ3) is 6.73. The minimum absolute atomic E-state index is 0.0193. The zero-order valence-electron chi connectivity index (χ0n) is 19.2. The van der Waals surface area contributed by atoms with Gasteiger partial charge in [0.15, 0.2) is 6.61 Å². The molecular weight excluding hydrogens is 436 g/mol. The second-order valence-electron chi connectivity index (χ2n) is 9.07. The first-order chi connectivity index (χ1) is 16.1. The predicted octanol–water partition coefficient (Wildman–Crippen LogP) is 5.84. The number of benzene rings is 2. The fourth-order valence-corrected chi connectivity index (χ4v) is 4.48. The Bertz CT molecular complexity index is 943. The number of hydrogen-bond donors (Lipinski definition) is 0. The quantitative estimate of drug-likeness (QED) is 0.566. The van der Waals surface area contributed by atoms with Gasteiger partial charge in [-0.25, -0.2) is 0 Å². The van der Waals surface area contributed by atoms with Crippen LogP contribution in [0, 0.1) is 5.92 Å². The molecule has 2 aromatic rings. The van der Waals surface area contributed by atoms with Gasteiger partial charge < -0.3 is 14.5 Å². The van der Waals surface area contributed by atoms with E-state index in [1.165, 1.54) is 6.42 Å². The molecule has 1 heterocycles. The molecule has 1 fully saturated rings. The summed E-state index contributed by atoms with van der Waals surface area (Å²) in [6.45, 7) is 1.90. The lowest BCUT2D eigenvalue weighted by atomic mass is 10.1. The lowest BCUT2D eigenvalue weighted by Crippen LogP contribution is -2.37. The maximum atomic E-state index is 13.2. The van der Waals surface area contributed by atoms with Gasteiger partial charge in [0.05, 0.1) is 0 Å². The van der Waals surface area contributed by atoms with Gasteiger partial charge in [0, 0.05) is 36.3 Å². The SMILES string of the molecule is O=C(COc1ccc(Cl)cc1)N1CCCCCCCCN(C(=O)C2CC2)c2ccccc2C1. The number of carbonyl (C=O) groups excluding carboxylic acids is 2. The van der Waals surface area contributed by atoms with Gasteiger partial charge in [-0.2, -0.15) is 0 Å². The minimum atomic E-state index is -0.0466. The van der Waals surface area contributed by atoms with Gasteiger partial charge in [0.2, 0.25) is 5.91 Å². The van der Waals surface area contributed by atoms with Crippen LogP contribution in [0.2, 0.25) is 5.02 Å². The number of anilines is 1. The van der Waals surface area contributed by atoms with E-state index in [-0.39, 0.29) is 24.3 Å². The summed E-state index contributed by atoms with van der Waals surface area (Å²) in [5.41, 5.74) is 1.97. The zero-order valence-corrected chi connectivity index (χ0v) is 19.9. The van der Waals surface area contributed by atoms with Crippen LogP contribution in [0.4, 0.5) is 5.69 Å². The molecule has 4 rings (SSSR count). The molecule has 0 bridgehead atoms. The molecule has 0 N–H and O–H groups in total. The first-order valence-corrected chi connectivity index (χ1v) is 12.5. The van der Waals surface area contributed by atoms with Crippen molar-refractivity contribution in [1.82, 2.24) is 4.90 Å². The van der Waals surface area contributed by atoms with Crippen molar-refractivity contribution >= 4 is 29.1 Å². The van der Waals surface area contributed by atoms with Gasteiger partial charge in [0.1, 0.15) is 5.75 Å². The van der Waals surface area contributed by atoms with E-state index < -0.39 is 0 Å². The average Bonchev–Trinajstić information content (AvgIpc) is 3.67. The Kier molecular flexibility index (Phi) is 8.27. The fraction of sp³-hybridized carbons (Fsp3) is 0.481. The molecule has 1 aliphatic carbocycles. The number of para-hydroxylation sites is 1. The summed E-state index contributed by atoms with van der Waals surface area (Å²) < 4.78 is 5.74. The molecule has 2 amide bonds. The number of nitrogens with zero attached hydrogens (tertiary/aromatic N) is 2. The fourth-order valence-electron chi connectivity index (χ4n) is 4.35. The Balaban J connectivity index is 1.52. The Hall–Kier alpha value is -2.53. The molecular formula is C27H33ClN2O3. The molecule has 2 aromatic carbocycles. The third-order valence-corrected chi connectivity index (χ3v) is 6.68. The lowest BCUT2D eigenvalue weighted by molar-refractivity contribution is -0.134. The molecule has 0 unspecified atom stereocenters. The molecule has 2 aliphatic rings. The van der Waals surface area contributed by atoms with Gasteiger partial charge in [0.25, 0.3) is 5.91 Å². The van der Waals surface area contributed by atoms with Gasteiger partial charge in [-0.3, -0.25) is 9.59 Å².